The molecule has 2 N–H and O–H groups in total. The molecule has 0 spiro atoms. The van der Waals surface area contributed by atoms with Crippen LogP contribution in [0, 0.1) is 5.92 Å². The molecule has 0 fully saturated rings. The van der Waals surface area contributed by atoms with Crippen LogP contribution in [0.4, 0.5) is 0 Å². The van der Waals surface area contributed by atoms with Crippen LogP contribution in [0.25, 0.3) is 0 Å². The third-order valence-electron chi connectivity index (χ3n) is 2.03. The fraction of sp³-hybridized carbons (Fsp3) is 0.846. The molecule has 0 aliphatic carbocycles. The molecule has 0 aromatic rings. The average Bonchev–Trinajstić information content (AvgIpc) is 2.41. The highest BCUT2D eigenvalue weighted by Gasteiger charge is 2.03. The van der Waals surface area contributed by atoms with E-state index >= 15 is 0 Å². The molecular weight excluding hydrogens is 264 g/mol. The van der Waals surface area contributed by atoms with Gasteiger partial charge in [-0.3, -0.25) is 9.59 Å². The maximum Gasteiger partial charge on any atom is 0.247 e. The molecule has 5 nitrogen and oxygen atoms in total. The zero-order valence-corrected chi connectivity index (χ0v) is 13.6. The number of nitrogens with one attached hydrogen (secondary N) is 2. The molecule has 0 bridgehead atoms. The lowest BCUT2D eigenvalue weighted by Gasteiger charge is -2.07. The van der Waals surface area contributed by atoms with E-state index in [9.17, 15) is 9.59 Å². The van der Waals surface area contributed by atoms with Gasteiger partial charge in [0.1, 0.15) is 6.61 Å². The fourth-order valence-corrected chi connectivity index (χ4v) is 1.30. The molecule has 114 valence electrons. The summed E-state index contributed by atoms with van der Waals surface area (Å²) in [5.74, 6) is 0.397. The van der Waals surface area contributed by atoms with Gasteiger partial charge in [-0.05, 0) is 24.4 Å². The molecule has 0 rings (SSSR count). The number of amides is 2. The Morgan fingerprint density at radius 3 is 2.11 bits per heavy atom. The van der Waals surface area contributed by atoms with E-state index in [1.807, 2.05) is 13.8 Å². The van der Waals surface area contributed by atoms with E-state index in [1.165, 1.54) is 0 Å². The van der Waals surface area contributed by atoms with E-state index in [0.29, 0.717) is 25.4 Å². The van der Waals surface area contributed by atoms with Crippen LogP contribution < -0.4 is 10.6 Å². The first-order valence-corrected chi connectivity index (χ1v) is 7.90. The van der Waals surface area contributed by atoms with Gasteiger partial charge in [-0.15, -0.1) is 0 Å². The standard InChI is InChI=1S/C11H22N2O3S.C2H6/c1-9(2)4-5-10(14)12-6-7-13-11(15)8-16-17-3;1-2/h9H,4-8H2,1-3H3,(H,12,14)(H,13,15);1-2H3. The summed E-state index contributed by atoms with van der Waals surface area (Å²) in [6.45, 7) is 9.10. The zero-order valence-electron chi connectivity index (χ0n) is 12.7. The zero-order chi connectivity index (χ0) is 15.1. The lowest BCUT2D eigenvalue weighted by molar-refractivity contribution is -0.124. The minimum Gasteiger partial charge on any atom is -0.354 e. The Kier molecular flexibility index (Phi) is 16.6. The Bertz CT molecular complexity index is 236. The summed E-state index contributed by atoms with van der Waals surface area (Å²) in [7, 11) is 0. The van der Waals surface area contributed by atoms with E-state index < -0.39 is 0 Å². The van der Waals surface area contributed by atoms with Gasteiger partial charge < -0.3 is 14.8 Å². The first-order chi connectivity index (χ1) is 9.06. The summed E-state index contributed by atoms with van der Waals surface area (Å²) in [4.78, 5) is 22.4. The quantitative estimate of drug-likeness (QED) is 0.504. The van der Waals surface area contributed by atoms with E-state index in [0.717, 1.165) is 18.5 Å². The molecule has 0 saturated carbocycles. The third kappa shape index (κ3) is 17.2. The van der Waals surface area contributed by atoms with Crippen LogP contribution in [0.3, 0.4) is 0 Å². The normalized spacial score (nSPS) is 9.58. The monoisotopic (exact) mass is 292 g/mol. The lowest BCUT2D eigenvalue weighted by Crippen LogP contribution is -2.36. The summed E-state index contributed by atoms with van der Waals surface area (Å²) in [5, 5.41) is 5.40. The van der Waals surface area contributed by atoms with Crippen molar-refractivity contribution in [3.63, 3.8) is 0 Å². The molecular formula is C13H28N2O3S. The van der Waals surface area contributed by atoms with Gasteiger partial charge in [0.15, 0.2) is 0 Å². The van der Waals surface area contributed by atoms with Crippen LogP contribution >= 0.6 is 12.0 Å². The maximum atomic E-state index is 11.3. The molecule has 2 amide bonds. The second-order valence-corrected chi connectivity index (χ2v) is 4.63. The largest absolute Gasteiger partial charge is 0.354 e. The first-order valence-electron chi connectivity index (χ1n) is 6.75. The summed E-state index contributed by atoms with van der Waals surface area (Å²) in [6.07, 6.45) is 3.18. The highest BCUT2D eigenvalue weighted by atomic mass is 32.2. The van der Waals surface area contributed by atoms with Gasteiger partial charge in [-0.1, -0.05) is 27.7 Å². The minimum absolute atomic E-state index is 0.0355. The van der Waals surface area contributed by atoms with Crippen molar-refractivity contribution in [2.45, 2.75) is 40.5 Å². The average molecular weight is 292 g/mol. The Morgan fingerprint density at radius 1 is 1.11 bits per heavy atom. The van der Waals surface area contributed by atoms with E-state index in [4.69, 9.17) is 4.18 Å². The molecule has 0 aromatic heterocycles. The van der Waals surface area contributed by atoms with Crippen molar-refractivity contribution >= 4 is 23.9 Å². The Labute approximate surface area is 121 Å². The molecule has 0 aliphatic heterocycles. The Hall–Kier alpha value is -0.750. The molecule has 0 radical (unpaired) electrons. The molecule has 0 unspecified atom stereocenters. The van der Waals surface area contributed by atoms with E-state index in [1.54, 1.807) is 6.26 Å². The van der Waals surface area contributed by atoms with Crippen LogP contribution in [0.2, 0.25) is 0 Å². The minimum atomic E-state index is -0.171. The van der Waals surface area contributed by atoms with Crippen molar-refractivity contribution in [3.8, 4) is 0 Å². The van der Waals surface area contributed by atoms with Gasteiger partial charge in [0.25, 0.3) is 0 Å². The summed E-state index contributed by atoms with van der Waals surface area (Å²) < 4.78 is 4.86. The molecule has 6 heteroatoms. The van der Waals surface area contributed by atoms with Crippen LogP contribution in [0.15, 0.2) is 0 Å². The first kappa shape index (κ1) is 20.6. The number of hydrogen-bond acceptors (Lipinski definition) is 4. The Balaban J connectivity index is 0. The summed E-state index contributed by atoms with van der Waals surface area (Å²) >= 11 is 1.15. The van der Waals surface area contributed by atoms with Gasteiger partial charge in [0, 0.05) is 25.8 Å². The molecule has 0 heterocycles. The predicted octanol–water partition coefficient (Wildman–Crippen LogP) is 1.98. The highest BCUT2D eigenvalue weighted by molar-refractivity contribution is 7.93. The number of hydrogen-bond donors (Lipinski definition) is 2. The van der Waals surface area contributed by atoms with Gasteiger partial charge in [0.05, 0.1) is 0 Å². The van der Waals surface area contributed by atoms with Crippen molar-refractivity contribution in [3.05, 3.63) is 0 Å². The van der Waals surface area contributed by atoms with Gasteiger partial charge in [-0.2, -0.15) is 0 Å². The predicted molar refractivity (Wildman–Crippen MR) is 80.9 cm³/mol. The highest BCUT2D eigenvalue weighted by Crippen LogP contribution is 2.02. The van der Waals surface area contributed by atoms with Crippen molar-refractivity contribution < 1.29 is 13.8 Å². The second-order valence-electron chi connectivity index (χ2n) is 4.06. The summed E-state index contributed by atoms with van der Waals surface area (Å²) in [6, 6.07) is 0. The second kappa shape index (κ2) is 15.3. The van der Waals surface area contributed by atoms with Crippen LogP contribution in [-0.4, -0.2) is 37.8 Å². The smallest absolute Gasteiger partial charge is 0.247 e. The number of carbonyl (C=O) groups is 2. The molecule has 0 atom stereocenters. The lowest BCUT2D eigenvalue weighted by atomic mass is 10.1. The van der Waals surface area contributed by atoms with Crippen LogP contribution in [-0.2, 0) is 13.8 Å². The van der Waals surface area contributed by atoms with Crippen molar-refractivity contribution in [2.75, 3.05) is 26.0 Å². The van der Waals surface area contributed by atoms with Crippen LogP contribution in [0.1, 0.15) is 40.5 Å². The molecule has 0 aromatic carbocycles. The molecule has 19 heavy (non-hydrogen) atoms. The van der Waals surface area contributed by atoms with E-state index in [-0.39, 0.29) is 18.4 Å². The van der Waals surface area contributed by atoms with Crippen molar-refractivity contribution in [1.82, 2.24) is 10.6 Å². The van der Waals surface area contributed by atoms with Crippen molar-refractivity contribution in [2.24, 2.45) is 5.92 Å². The topological polar surface area (TPSA) is 67.4 Å². The number of carbonyl (C=O) groups excluding carboxylic acids is 2. The molecule has 0 saturated heterocycles. The summed E-state index contributed by atoms with van der Waals surface area (Å²) in [5.41, 5.74) is 0. The van der Waals surface area contributed by atoms with Gasteiger partial charge >= 0.3 is 0 Å². The fourth-order valence-electron chi connectivity index (χ4n) is 1.08. The van der Waals surface area contributed by atoms with E-state index in [2.05, 4.69) is 24.5 Å². The van der Waals surface area contributed by atoms with Crippen LogP contribution in [0.5, 0.6) is 0 Å². The number of rotatable bonds is 9. The Morgan fingerprint density at radius 2 is 1.63 bits per heavy atom. The SMILES string of the molecule is CC.CSOCC(=O)NCCNC(=O)CCC(C)C. The third-order valence-corrected chi connectivity index (χ3v) is 2.38. The maximum absolute atomic E-state index is 11.3. The van der Waals surface area contributed by atoms with Gasteiger partial charge in [-0.25, -0.2) is 0 Å². The molecule has 0 aliphatic rings. The van der Waals surface area contributed by atoms with Crippen molar-refractivity contribution in [1.29, 1.82) is 0 Å². The van der Waals surface area contributed by atoms with Gasteiger partial charge in [0.2, 0.25) is 11.8 Å².